The summed E-state index contributed by atoms with van der Waals surface area (Å²) in [7, 11) is 0. The first-order valence-electron chi connectivity index (χ1n) is 7.92. The molecule has 2 rings (SSSR count). The molecule has 124 valence electrons. The van der Waals surface area contributed by atoms with Crippen LogP contribution in [0.15, 0.2) is 0 Å². The van der Waals surface area contributed by atoms with E-state index < -0.39 is 0 Å². The molecule has 21 heavy (non-hydrogen) atoms. The Hall–Kier alpha value is -0.360. The number of hydrogen-bond donors (Lipinski definition) is 2. The van der Waals surface area contributed by atoms with E-state index in [2.05, 4.69) is 24.5 Å². The van der Waals surface area contributed by atoms with Crippen molar-refractivity contribution in [3.8, 4) is 0 Å². The molecule has 0 spiro atoms. The molecule has 3 unspecified atom stereocenters. The Kier molecular flexibility index (Phi) is 7.40. The largest absolute Gasteiger partial charge is 0.378 e. The second-order valence-corrected chi connectivity index (χ2v) is 5.74. The van der Waals surface area contributed by atoms with Crippen molar-refractivity contribution in [1.82, 2.24) is 10.6 Å². The van der Waals surface area contributed by atoms with E-state index in [0.29, 0.717) is 13.2 Å². The smallest absolute Gasteiger partial charge is 0.250 e. The Morgan fingerprint density at radius 3 is 2.62 bits per heavy atom. The van der Waals surface area contributed by atoms with Crippen LogP contribution in [-0.2, 0) is 14.3 Å². The van der Waals surface area contributed by atoms with Gasteiger partial charge < -0.3 is 20.1 Å². The summed E-state index contributed by atoms with van der Waals surface area (Å²) < 4.78 is 11.4. The van der Waals surface area contributed by atoms with E-state index in [1.165, 1.54) is 0 Å². The normalized spacial score (nSPS) is 30.9. The van der Waals surface area contributed by atoms with Crippen LogP contribution in [-0.4, -0.2) is 50.5 Å². The Morgan fingerprint density at radius 1 is 1.38 bits per heavy atom. The van der Waals surface area contributed by atoms with E-state index in [4.69, 9.17) is 9.47 Å². The first-order chi connectivity index (χ1) is 9.67. The van der Waals surface area contributed by atoms with Crippen molar-refractivity contribution >= 4 is 18.3 Å². The summed E-state index contributed by atoms with van der Waals surface area (Å²) in [5.41, 5.74) is 0.0910. The number of carbonyl (C=O) groups excluding carboxylic acids is 1. The van der Waals surface area contributed by atoms with Gasteiger partial charge in [0.05, 0.1) is 12.7 Å². The fourth-order valence-corrected chi connectivity index (χ4v) is 3.58. The summed E-state index contributed by atoms with van der Waals surface area (Å²) in [6.45, 7) is 9.19. The highest BCUT2D eigenvalue weighted by molar-refractivity contribution is 5.85. The van der Waals surface area contributed by atoms with E-state index in [1.54, 1.807) is 0 Å². The third-order valence-corrected chi connectivity index (χ3v) is 5.01. The highest BCUT2D eigenvalue weighted by Gasteiger charge is 2.54. The average Bonchev–Trinajstić information content (AvgIpc) is 2.48. The van der Waals surface area contributed by atoms with Gasteiger partial charge in [0.1, 0.15) is 6.10 Å². The maximum atomic E-state index is 12.3. The lowest BCUT2D eigenvalue weighted by atomic mass is 9.58. The van der Waals surface area contributed by atoms with Crippen LogP contribution in [0, 0.1) is 5.41 Å². The average molecular weight is 321 g/mol. The van der Waals surface area contributed by atoms with Crippen molar-refractivity contribution in [2.45, 2.75) is 58.3 Å². The molecule has 0 bridgehead atoms. The standard InChI is InChI=1S/C15H28N2O3.ClH/c1-4-15(5-2)12(9-13(15)19-6-3)17-14(18)11-10-16-7-8-20-11;/h11-13,16H,4-10H2,1-3H3,(H,17,18);1H. The second-order valence-electron chi connectivity index (χ2n) is 5.74. The van der Waals surface area contributed by atoms with Gasteiger partial charge in [0.2, 0.25) is 0 Å². The van der Waals surface area contributed by atoms with Crippen LogP contribution in [0.5, 0.6) is 0 Å². The molecule has 0 aromatic heterocycles. The third kappa shape index (κ3) is 3.70. The number of hydrogen-bond acceptors (Lipinski definition) is 4. The van der Waals surface area contributed by atoms with Gasteiger partial charge in [-0.25, -0.2) is 0 Å². The molecule has 6 heteroatoms. The van der Waals surface area contributed by atoms with E-state index in [0.717, 1.165) is 32.4 Å². The van der Waals surface area contributed by atoms with E-state index >= 15 is 0 Å². The van der Waals surface area contributed by atoms with Crippen LogP contribution >= 0.6 is 12.4 Å². The van der Waals surface area contributed by atoms with Gasteiger partial charge in [-0.05, 0) is 26.2 Å². The molecule has 2 fully saturated rings. The minimum Gasteiger partial charge on any atom is -0.378 e. The van der Waals surface area contributed by atoms with E-state index in [1.807, 2.05) is 6.92 Å². The SMILES string of the molecule is CCOC1CC(NC(=O)C2CNCCO2)C1(CC)CC.Cl. The number of morpholine rings is 1. The van der Waals surface area contributed by atoms with Crippen molar-refractivity contribution in [2.75, 3.05) is 26.3 Å². The van der Waals surface area contributed by atoms with Crippen LogP contribution in [0.1, 0.15) is 40.0 Å². The van der Waals surface area contributed by atoms with Gasteiger partial charge in [-0.15, -0.1) is 12.4 Å². The fraction of sp³-hybridized carbons (Fsp3) is 0.933. The minimum absolute atomic E-state index is 0. The Balaban J connectivity index is 0.00000220. The van der Waals surface area contributed by atoms with E-state index in [-0.39, 0.29) is 42.0 Å². The molecule has 1 amide bonds. The topological polar surface area (TPSA) is 59.6 Å². The van der Waals surface area contributed by atoms with Gasteiger partial charge in [-0.3, -0.25) is 4.79 Å². The number of nitrogens with one attached hydrogen (secondary N) is 2. The zero-order valence-corrected chi connectivity index (χ0v) is 14.1. The maximum Gasteiger partial charge on any atom is 0.250 e. The first kappa shape index (κ1) is 18.7. The summed E-state index contributed by atoms with van der Waals surface area (Å²) in [4.78, 5) is 12.3. The summed E-state index contributed by atoms with van der Waals surface area (Å²) in [5.74, 6) is 0.0171. The molecule has 1 saturated carbocycles. The van der Waals surface area contributed by atoms with Gasteiger partial charge in [0.25, 0.3) is 5.91 Å². The predicted molar refractivity (Wildman–Crippen MR) is 84.8 cm³/mol. The lowest BCUT2D eigenvalue weighted by Gasteiger charge is -2.55. The molecular formula is C15H29ClN2O3. The van der Waals surface area contributed by atoms with Crippen LogP contribution < -0.4 is 10.6 Å². The number of rotatable bonds is 6. The number of carbonyl (C=O) groups is 1. The molecule has 5 nitrogen and oxygen atoms in total. The molecule has 0 radical (unpaired) electrons. The lowest BCUT2D eigenvalue weighted by molar-refractivity contribution is -0.155. The maximum absolute atomic E-state index is 12.3. The molecule has 1 heterocycles. The Labute approximate surface area is 133 Å². The second kappa shape index (κ2) is 8.32. The summed E-state index contributed by atoms with van der Waals surface area (Å²) in [5, 5.41) is 6.38. The van der Waals surface area contributed by atoms with Gasteiger partial charge >= 0.3 is 0 Å². The molecule has 2 aliphatic rings. The quantitative estimate of drug-likeness (QED) is 0.778. The highest BCUT2D eigenvalue weighted by Crippen LogP contribution is 2.48. The van der Waals surface area contributed by atoms with Gasteiger partial charge in [-0.1, -0.05) is 13.8 Å². The molecule has 0 aromatic rings. The van der Waals surface area contributed by atoms with Crippen molar-refractivity contribution in [3.63, 3.8) is 0 Å². The highest BCUT2D eigenvalue weighted by atomic mass is 35.5. The van der Waals surface area contributed by atoms with Crippen molar-refractivity contribution in [1.29, 1.82) is 0 Å². The summed E-state index contributed by atoms with van der Waals surface area (Å²) >= 11 is 0. The van der Waals surface area contributed by atoms with Gasteiger partial charge in [0, 0.05) is 31.2 Å². The van der Waals surface area contributed by atoms with Gasteiger partial charge in [-0.2, -0.15) is 0 Å². The molecular weight excluding hydrogens is 292 g/mol. The summed E-state index contributed by atoms with van der Waals surface area (Å²) in [6.07, 6.45) is 2.91. The first-order valence-corrected chi connectivity index (χ1v) is 7.92. The number of ether oxygens (including phenoxy) is 2. The van der Waals surface area contributed by atoms with Crippen molar-refractivity contribution < 1.29 is 14.3 Å². The fourth-order valence-electron chi connectivity index (χ4n) is 3.58. The number of halogens is 1. The molecule has 3 atom stereocenters. The zero-order chi connectivity index (χ0) is 14.6. The van der Waals surface area contributed by atoms with Crippen molar-refractivity contribution in [3.05, 3.63) is 0 Å². The van der Waals surface area contributed by atoms with Crippen molar-refractivity contribution in [2.24, 2.45) is 5.41 Å². The van der Waals surface area contributed by atoms with E-state index in [9.17, 15) is 4.79 Å². The van der Waals surface area contributed by atoms with Gasteiger partial charge in [0.15, 0.2) is 0 Å². The van der Waals surface area contributed by atoms with Crippen LogP contribution in [0.3, 0.4) is 0 Å². The predicted octanol–water partition coefficient (Wildman–Crippen LogP) is 1.50. The Bertz CT molecular complexity index is 331. The molecule has 1 aliphatic heterocycles. The number of amides is 1. The minimum atomic E-state index is -0.346. The lowest BCUT2D eigenvalue weighted by Crippen LogP contribution is -2.66. The monoisotopic (exact) mass is 320 g/mol. The molecule has 0 aromatic carbocycles. The molecule has 2 N–H and O–H groups in total. The van der Waals surface area contributed by atoms with Crippen LogP contribution in [0.2, 0.25) is 0 Å². The summed E-state index contributed by atoms with van der Waals surface area (Å²) in [6, 6.07) is 0.215. The molecule has 1 saturated heterocycles. The zero-order valence-electron chi connectivity index (χ0n) is 13.3. The third-order valence-electron chi connectivity index (χ3n) is 5.01. The van der Waals surface area contributed by atoms with Crippen LogP contribution in [0.4, 0.5) is 0 Å². The van der Waals surface area contributed by atoms with Crippen LogP contribution in [0.25, 0.3) is 0 Å². The Morgan fingerprint density at radius 2 is 2.10 bits per heavy atom. The molecule has 1 aliphatic carbocycles.